The average molecular weight is 235 g/mol. The number of carbonyl (C=O) groups is 1. The number of carbonyl (C=O) groups excluding carboxylic acids is 1. The zero-order valence-corrected chi connectivity index (χ0v) is 9.78. The van der Waals surface area contributed by atoms with Gasteiger partial charge in [-0.15, -0.1) is 11.3 Å². The number of hydrogen-bond acceptors (Lipinski definition) is 3. The third-order valence-corrected chi connectivity index (χ3v) is 3.03. The summed E-state index contributed by atoms with van der Waals surface area (Å²) in [7, 11) is 0. The summed E-state index contributed by atoms with van der Waals surface area (Å²) >= 11 is 1.45. The Morgan fingerprint density at radius 3 is 3.19 bits per heavy atom. The van der Waals surface area contributed by atoms with E-state index in [1.54, 1.807) is 12.5 Å². The van der Waals surface area contributed by atoms with Crippen LogP contribution in [0.5, 0.6) is 0 Å². The number of aromatic nitrogens is 2. The first kappa shape index (κ1) is 10.9. The Labute approximate surface area is 97.9 Å². The topological polar surface area (TPSA) is 46.9 Å². The summed E-state index contributed by atoms with van der Waals surface area (Å²) in [5.74, 6) is -0.0115. The normalized spacial score (nSPS) is 12.3. The molecular weight excluding hydrogens is 222 g/mol. The maximum atomic E-state index is 11.7. The van der Waals surface area contributed by atoms with Crippen LogP contribution in [0.25, 0.3) is 0 Å². The van der Waals surface area contributed by atoms with Crippen molar-refractivity contribution in [1.82, 2.24) is 14.9 Å². The molecule has 0 aliphatic rings. The molecule has 0 radical (unpaired) electrons. The number of nitrogens with one attached hydrogen (secondary N) is 1. The SMILES string of the molecule is C[C@H](Cn1ccnc1)NC(=O)c1cccs1. The first-order chi connectivity index (χ1) is 7.75. The molecule has 4 nitrogen and oxygen atoms in total. The first-order valence-corrected chi connectivity index (χ1v) is 5.94. The van der Waals surface area contributed by atoms with Gasteiger partial charge < -0.3 is 9.88 Å². The summed E-state index contributed by atoms with van der Waals surface area (Å²) in [6.45, 7) is 2.71. The van der Waals surface area contributed by atoms with Crippen molar-refractivity contribution in [2.24, 2.45) is 0 Å². The maximum absolute atomic E-state index is 11.7. The fourth-order valence-electron chi connectivity index (χ4n) is 1.46. The molecule has 0 bridgehead atoms. The molecule has 0 aliphatic carbocycles. The third kappa shape index (κ3) is 2.70. The summed E-state index contributed by atoms with van der Waals surface area (Å²) in [5, 5.41) is 4.84. The van der Waals surface area contributed by atoms with Crippen molar-refractivity contribution in [3.63, 3.8) is 0 Å². The standard InChI is InChI=1S/C11H13N3OS/c1-9(7-14-5-4-12-8-14)13-11(15)10-3-2-6-16-10/h2-6,8-9H,7H2,1H3,(H,13,15)/t9-/m1/s1. The maximum Gasteiger partial charge on any atom is 0.261 e. The zero-order valence-electron chi connectivity index (χ0n) is 8.96. The molecule has 0 fully saturated rings. The van der Waals surface area contributed by atoms with E-state index in [2.05, 4.69) is 10.3 Å². The number of thiophene rings is 1. The van der Waals surface area contributed by atoms with Crippen molar-refractivity contribution in [2.75, 3.05) is 0 Å². The molecule has 84 valence electrons. The Kier molecular flexibility index (Phi) is 3.36. The van der Waals surface area contributed by atoms with E-state index in [1.165, 1.54) is 11.3 Å². The minimum Gasteiger partial charge on any atom is -0.347 e. The van der Waals surface area contributed by atoms with E-state index in [4.69, 9.17) is 0 Å². The minimum atomic E-state index is -0.0115. The molecule has 0 unspecified atom stereocenters. The van der Waals surface area contributed by atoms with Crippen molar-refractivity contribution >= 4 is 17.2 Å². The monoisotopic (exact) mass is 235 g/mol. The fraction of sp³-hybridized carbons (Fsp3) is 0.273. The lowest BCUT2D eigenvalue weighted by Gasteiger charge is -2.13. The highest BCUT2D eigenvalue weighted by Crippen LogP contribution is 2.08. The van der Waals surface area contributed by atoms with E-state index in [0.717, 1.165) is 11.4 Å². The quantitative estimate of drug-likeness (QED) is 0.877. The number of nitrogens with zero attached hydrogens (tertiary/aromatic N) is 2. The molecule has 0 aromatic carbocycles. The van der Waals surface area contributed by atoms with Gasteiger partial charge in [0.15, 0.2) is 0 Å². The lowest BCUT2D eigenvalue weighted by molar-refractivity contribution is 0.0941. The van der Waals surface area contributed by atoms with Crippen molar-refractivity contribution in [1.29, 1.82) is 0 Å². The van der Waals surface area contributed by atoms with Crippen LogP contribution in [-0.4, -0.2) is 21.5 Å². The molecule has 0 saturated heterocycles. The van der Waals surface area contributed by atoms with Crippen molar-refractivity contribution in [3.8, 4) is 0 Å². The van der Waals surface area contributed by atoms with E-state index < -0.39 is 0 Å². The van der Waals surface area contributed by atoms with Crippen LogP contribution in [0.2, 0.25) is 0 Å². The molecule has 0 spiro atoms. The van der Waals surface area contributed by atoms with E-state index in [-0.39, 0.29) is 11.9 Å². The van der Waals surface area contributed by atoms with Crippen molar-refractivity contribution in [3.05, 3.63) is 41.1 Å². The number of rotatable bonds is 4. The lowest BCUT2D eigenvalue weighted by Crippen LogP contribution is -2.35. The van der Waals surface area contributed by atoms with Gasteiger partial charge in [-0.05, 0) is 18.4 Å². The minimum absolute atomic E-state index is 0.0115. The number of amides is 1. The molecule has 16 heavy (non-hydrogen) atoms. The van der Waals surface area contributed by atoms with Gasteiger partial charge in [-0.2, -0.15) is 0 Å². The van der Waals surface area contributed by atoms with Gasteiger partial charge in [0.1, 0.15) is 0 Å². The second kappa shape index (κ2) is 4.94. The molecule has 0 aliphatic heterocycles. The van der Waals surface area contributed by atoms with Crippen molar-refractivity contribution in [2.45, 2.75) is 19.5 Å². The zero-order chi connectivity index (χ0) is 11.4. The van der Waals surface area contributed by atoms with Crippen LogP contribution < -0.4 is 5.32 Å². The average Bonchev–Trinajstić information content (AvgIpc) is 2.88. The van der Waals surface area contributed by atoms with Gasteiger partial charge in [-0.1, -0.05) is 6.07 Å². The van der Waals surface area contributed by atoms with Crippen molar-refractivity contribution < 1.29 is 4.79 Å². The molecule has 2 aromatic rings. The Morgan fingerprint density at radius 2 is 2.56 bits per heavy atom. The Bertz CT molecular complexity index is 436. The smallest absolute Gasteiger partial charge is 0.261 e. The third-order valence-electron chi connectivity index (χ3n) is 2.17. The second-order valence-electron chi connectivity index (χ2n) is 3.61. The van der Waals surface area contributed by atoms with Crippen LogP contribution in [0.3, 0.4) is 0 Å². The molecular formula is C11H13N3OS. The summed E-state index contributed by atoms with van der Waals surface area (Å²) < 4.78 is 1.94. The van der Waals surface area contributed by atoms with E-state index >= 15 is 0 Å². The summed E-state index contributed by atoms with van der Waals surface area (Å²) in [6, 6.07) is 3.79. The van der Waals surface area contributed by atoms with Crippen LogP contribution in [0.4, 0.5) is 0 Å². The highest BCUT2D eigenvalue weighted by atomic mass is 32.1. The molecule has 1 N–H and O–H groups in total. The van der Waals surface area contributed by atoms with Crippen LogP contribution >= 0.6 is 11.3 Å². The Morgan fingerprint density at radius 1 is 1.69 bits per heavy atom. The summed E-state index contributed by atoms with van der Waals surface area (Å²) in [4.78, 5) is 16.4. The predicted octanol–water partition coefficient (Wildman–Crippen LogP) is 1.76. The summed E-state index contributed by atoms with van der Waals surface area (Å²) in [6.07, 6.45) is 5.36. The molecule has 1 amide bonds. The molecule has 0 saturated carbocycles. The van der Waals surface area contributed by atoms with Gasteiger partial charge in [0, 0.05) is 25.0 Å². The largest absolute Gasteiger partial charge is 0.347 e. The molecule has 2 heterocycles. The highest BCUT2D eigenvalue weighted by Gasteiger charge is 2.10. The van der Waals surface area contributed by atoms with Crippen LogP contribution in [0, 0.1) is 0 Å². The van der Waals surface area contributed by atoms with E-state index in [0.29, 0.717) is 0 Å². The predicted molar refractivity (Wildman–Crippen MR) is 63.5 cm³/mol. The van der Waals surface area contributed by atoms with Gasteiger partial charge in [0.25, 0.3) is 5.91 Å². The van der Waals surface area contributed by atoms with Gasteiger partial charge in [0.05, 0.1) is 11.2 Å². The van der Waals surface area contributed by atoms with Crippen LogP contribution in [0.15, 0.2) is 36.2 Å². The van der Waals surface area contributed by atoms with Gasteiger partial charge in [-0.25, -0.2) is 4.98 Å². The molecule has 2 rings (SSSR count). The fourth-order valence-corrected chi connectivity index (χ4v) is 2.09. The number of imidazole rings is 1. The first-order valence-electron chi connectivity index (χ1n) is 5.06. The summed E-state index contributed by atoms with van der Waals surface area (Å²) in [5.41, 5.74) is 0. The highest BCUT2D eigenvalue weighted by molar-refractivity contribution is 7.12. The Balaban J connectivity index is 1.88. The molecule has 5 heteroatoms. The van der Waals surface area contributed by atoms with E-state index in [1.807, 2.05) is 35.2 Å². The lowest BCUT2D eigenvalue weighted by atomic mass is 10.3. The number of hydrogen-bond donors (Lipinski definition) is 1. The van der Waals surface area contributed by atoms with Crippen LogP contribution in [-0.2, 0) is 6.54 Å². The van der Waals surface area contributed by atoms with Gasteiger partial charge in [0.2, 0.25) is 0 Å². The Hall–Kier alpha value is -1.62. The van der Waals surface area contributed by atoms with Crippen LogP contribution in [0.1, 0.15) is 16.6 Å². The molecule has 2 aromatic heterocycles. The van der Waals surface area contributed by atoms with Gasteiger partial charge >= 0.3 is 0 Å². The second-order valence-corrected chi connectivity index (χ2v) is 4.56. The van der Waals surface area contributed by atoms with E-state index in [9.17, 15) is 4.79 Å². The molecule has 1 atom stereocenters. The van der Waals surface area contributed by atoms with Gasteiger partial charge in [-0.3, -0.25) is 4.79 Å².